The van der Waals surface area contributed by atoms with Crippen LogP contribution in [-0.4, -0.2) is 51.1 Å². The zero-order valence-corrected chi connectivity index (χ0v) is 18.4. The van der Waals surface area contributed by atoms with Gasteiger partial charge in [-0.3, -0.25) is 13.9 Å². The third-order valence-electron chi connectivity index (χ3n) is 5.25. The van der Waals surface area contributed by atoms with Gasteiger partial charge < -0.3 is 16.0 Å². The fraction of sp³-hybridized carbons (Fsp3) is 0.381. The molecule has 1 unspecified atom stereocenters. The number of para-hydroxylation sites is 1. The molecule has 31 heavy (non-hydrogen) atoms. The van der Waals surface area contributed by atoms with Gasteiger partial charge in [0, 0.05) is 13.1 Å². The molecule has 0 radical (unpaired) electrons. The quantitative estimate of drug-likeness (QED) is 0.665. The number of nitrogens with zero attached hydrogens (tertiary/aromatic N) is 3. The molecule has 1 aliphatic rings. The maximum Gasteiger partial charge on any atom is 0.245 e. The number of carbonyl (C=O) groups is 2. The number of hydrogen-bond donors (Lipinski definition) is 2. The highest BCUT2D eigenvalue weighted by atomic mass is 32.2. The SMILES string of the molecule is Cc1ccccc1N(CC(=O)Nc1ccc(N2CCCC(C(N)=O)C2)nc1)S(C)(=O)=O. The standard InChI is InChI=1S/C21H27N5O4S/c1-15-6-3-4-8-18(15)26(31(2,29)30)14-20(27)24-17-9-10-19(23-12-17)25-11-5-7-16(13-25)21(22)28/h3-4,6,8-10,12,16H,5,7,11,13-14H2,1-2H3,(H2,22,28)(H,24,27). The Morgan fingerprint density at radius 2 is 2.00 bits per heavy atom. The third kappa shape index (κ3) is 5.72. The molecule has 3 N–H and O–H groups in total. The molecule has 3 rings (SSSR count). The van der Waals surface area contributed by atoms with Crippen LogP contribution in [0.1, 0.15) is 18.4 Å². The Balaban J connectivity index is 1.67. The topological polar surface area (TPSA) is 126 Å². The Morgan fingerprint density at radius 1 is 1.26 bits per heavy atom. The Bertz CT molecular complexity index is 1060. The van der Waals surface area contributed by atoms with E-state index >= 15 is 0 Å². The summed E-state index contributed by atoms with van der Waals surface area (Å²) in [6.45, 7) is 2.74. The molecule has 1 saturated heterocycles. The summed E-state index contributed by atoms with van der Waals surface area (Å²) in [5.74, 6) is -0.285. The van der Waals surface area contributed by atoms with Crippen molar-refractivity contribution < 1.29 is 18.0 Å². The molecule has 2 heterocycles. The summed E-state index contributed by atoms with van der Waals surface area (Å²) in [6.07, 6.45) is 4.21. The average Bonchev–Trinajstić information content (AvgIpc) is 2.72. The van der Waals surface area contributed by atoms with Crippen LogP contribution in [0.3, 0.4) is 0 Å². The number of nitrogens with two attached hydrogens (primary N) is 1. The summed E-state index contributed by atoms with van der Waals surface area (Å²) < 4.78 is 25.6. The minimum absolute atomic E-state index is 0.196. The Hall–Kier alpha value is -3.14. The fourth-order valence-corrected chi connectivity index (χ4v) is 4.53. The van der Waals surface area contributed by atoms with E-state index in [0.29, 0.717) is 23.7 Å². The van der Waals surface area contributed by atoms with E-state index in [2.05, 4.69) is 10.3 Å². The van der Waals surface area contributed by atoms with E-state index < -0.39 is 15.9 Å². The number of primary amides is 1. The normalized spacial score (nSPS) is 16.6. The van der Waals surface area contributed by atoms with Crippen LogP contribution in [0.2, 0.25) is 0 Å². The van der Waals surface area contributed by atoms with E-state index in [4.69, 9.17) is 5.73 Å². The molecule has 1 fully saturated rings. The Labute approximate surface area is 182 Å². The van der Waals surface area contributed by atoms with E-state index in [1.54, 1.807) is 43.3 Å². The number of piperidine rings is 1. The van der Waals surface area contributed by atoms with Crippen molar-refractivity contribution in [2.45, 2.75) is 19.8 Å². The first kappa shape index (κ1) is 22.5. The van der Waals surface area contributed by atoms with E-state index in [0.717, 1.165) is 35.5 Å². The minimum Gasteiger partial charge on any atom is -0.369 e. The summed E-state index contributed by atoms with van der Waals surface area (Å²) in [7, 11) is -3.65. The molecule has 2 aromatic rings. The van der Waals surface area contributed by atoms with Gasteiger partial charge in [0.15, 0.2) is 0 Å². The van der Waals surface area contributed by atoms with Gasteiger partial charge in [-0.05, 0) is 43.5 Å². The molecule has 0 saturated carbocycles. The van der Waals surface area contributed by atoms with Gasteiger partial charge in [-0.2, -0.15) is 0 Å². The van der Waals surface area contributed by atoms with Gasteiger partial charge in [0.05, 0.1) is 29.7 Å². The lowest BCUT2D eigenvalue weighted by molar-refractivity contribution is -0.122. The molecule has 0 spiro atoms. The molecular weight excluding hydrogens is 418 g/mol. The van der Waals surface area contributed by atoms with Crippen LogP contribution in [0.5, 0.6) is 0 Å². The molecule has 0 bridgehead atoms. The molecule has 1 aromatic heterocycles. The van der Waals surface area contributed by atoms with Crippen LogP contribution in [0, 0.1) is 12.8 Å². The average molecular weight is 446 g/mol. The van der Waals surface area contributed by atoms with Crippen LogP contribution >= 0.6 is 0 Å². The summed E-state index contributed by atoms with van der Waals surface area (Å²) >= 11 is 0. The third-order valence-corrected chi connectivity index (χ3v) is 6.38. The molecular formula is C21H27N5O4S. The van der Waals surface area contributed by atoms with Crippen LogP contribution in [0.4, 0.5) is 17.2 Å². The predicted octanol–water partition coefficient (Wildman–Crippen LogP) is 1.50. The van der Waals surface area contributed by atoms with Gasteiger partial charge in [-0.15, -0.1) is 0 Å². The van der Waals surface area contributed by atoms with E-state index in [9.17, 15) is 18.0 Å². The minimum atomic E-state index is -3.65. The number of amides is 2. The number of carbonyl (C=O) groups excluding carboxylic acids is 2. The van der Waals surface area contributed by atoms with Crippen LogP contribution in [0.25, 0.3) is 0 Å². The lowest BCUT2D eigenvalue weighted by Gasteiger charge is -2.32. The molecule has 1 atom stereocenters. The first-order valence-corrected chi connectivity index (χ1v) is 11.8. The number of pyridine rings is 1. The summed E-state index contributed by atoms with van der Waals surface area (Å²) in [4.78, 5) is 30.4. The summed E-state index contributed by atoms with van der Waals surface area (Å²) in [5.41, 5.74) is 7.10. The smallest absolute Gasteiger partial charge is 0.245 e. The van der Waals surface area contributed by atoms with Crippen LogP contribution in [-0.2, 0) is 19.6 Å². The van der Waals surface area contributed by atoms with Gasteiger partial charge in [0.1, 0.15) is 12.4 Å². The first-order valence-electron chi connectivity index (χ1n) is 9.98. The first-order chi connectivity index (χ1) is 14.6. The van der Waals surface area contributed by atoms with Crippen molar-refractivity contribution in [1.82, 2.24) is 4.98 Å². The summed E-state index contributed by atoms with van der Waals surface area (Å²) in [6, 6.07) is 10.4. The van der Waals surface area contributed by atoms with E-state index in [-0.39, 0.29) is 18.4 Å². The number of rotatable bonds is 7. The number of benzene rings is 1. The second-order valence-corrected chi connectivity index (χ2v) is 9.60. The lowest BCUT2D eigenvalue weighted by Crippen LogP contribution is -2.41. The Morgan fingerprint density at radius 3 is 2.61 bits per heavy atom. The van der Waals surface area contributed by atoms with Crippen LogP contribution < -0.4 is 20.3 Å². The van der Waals surface area contributed by atoms with Gasteiger partial charge in [-0.1, -0.05) is 18.2 Å². The maximum atomic E-state index is 12.6. The van der Waals surface area contributed by atoms with Crippen molar-refractivity contribution in [3.05, 3.63) is 48.2 Å². The van der Waals surface area contributed by atoms with Crippen molar-refractivity contribution in [2.24, 2.45) is 11.7 Å². The lowest BCUT2D eigenvalue weighted by atomic mass is 9.97. The number of nitrogens with one attached hydrogen (secondary N) is 1. The second-order valence-electron chi connectivity index (χ2n) is 7.70. The van der Waals surface area contributed by atoms with Gasteiger partial charge in [0.2, 0.25) is 21.8 Å². The van der Waals surface area contributed by atoms with Crippen LogP contribution in [0.15, 0.2) is 42.6 Å². The van der Waals surface area contributed by atoms with Crippen molar-refractivity contribution in [2.75, 3.05) is 40.4 Å². The summed E-state index contributed by atoms with van der Waals surface area (Å²) in [5, 5.41) is 2.69. The monoisotopic (exact) mass is 445 g/mol. The highest BCUT2D eigenvalue weighted by molar-refractivity contribution is 7.92. The van der Waals surface area contributed by atoms with Gasteiger partial charge >= 0.3 is 0 Å². The predicted molar refractivity (Wildman–Crippen MR) is 120 cm³/mol. The zero-order valence-electron chi connectivity index (χ0n) is 17.6. The Kier molecular flexibility index (Phi) is 6.79. The number of hydrogen-bond acceptors (Lipinski definition) is 6. The molecule has 1 aromatic carbocycles. The van der Waals surface area contributed by atoms with Crippen molar-refractivity contribution in [1.29, 1.82) is 0 Å². The number of sulfonamides is 1. The molecule has 10 heteroatoms. The van der Waals surface area contributed by atoms with Gasteiger partial charge in [-0.25, -0.2) is 13.4 Å². The van der Waals surface area contributed by atoms with Crippen molar-refractivity contribution in [3.63, 3.8) is 0 Å². The second kappa shape index (κ2) is 9.34. The maximum absolute atomic E-state index is 12.6. The highest BCUT2D eigenvalue weighted by Crippen LogP contribution is 2.24. The van der Waals surface area contributed by atoms with Gasteiger partial charge in [0.25, 0.3) is 0 Å². The molecule has 9 nitrogen and oxygen atoms in total. The van der Waals surface area contributed by atoms with Crippen molar-refractivity contribution in [3.8, 4) is 0 Å². The highest BCUT2D eigenvalue weighted by Gasteiger charge is 2.25. The number of aryl methyl sites for hydroxylation is 1. The van der Waals surface area contributed by atoms with E-state index in [1.807, 2.05) is 4.90 Å². The number of anilines is 3. The largest absolute Gasteiger partial charge is 0.369 e. The number of aromatic nitrogens is 1. The van der Waals surface area contributed by atoms with Crippen molar-refractivity contribution >= 4 is 39.0 Å². The molecule has 2 amide bonds. The molecule has 0 aliphatic carbocycles. The van der Waals surface area contributed by atoms with E-state index in [1.165, 1.54) is 6.20 Å². The zero-order chi connectivity index (χ0) is 22.6. The molecule has 1 aliphatic heterocycles. The fourth-order valence-electron chi connectivity index (χ4n) is 3.62. The molecule has 166 valence electrons.